The first-order valence-corrected chi connectivity index (χ1v) is 4.41. The van der Waals surface area contributed by atoms with Crippen molar-refractivity contribution in [2.75, 3.05) is 11.9 Å². The van der Waals surface area contributed by atoms with Crippen molar-refractivity contribution in [3.05, 3.63) is 24.0 Å². The molecule has 7 heteroatoms. The highest BCUT2D eigenvalue weighted by molar-refractivity contribution is 5.93. The van der Waals surface area contributed by atoms with Gasteiger partial charge in [-0.15, -0.1) is 0 Å². The number of aromatic nitrogens is 1. The Morgan fingerprint density at radius 1 is 1.56 bits per heavy atom. The van der Waals surface area contributed by atoms with E-state index in [0.29, 0.717) is 0 Å². The summed E-state index contributed by atoms with van der Waals surface area (Å²) in [5, 5.41) is 20.5. The molecule has 0 aliphatic carbocycles. The van der Waals surface area contributed by atoms with Gasteiger partial charge in [-0.05, 0) is 6.07 Å². The van der Waals surface area contributed by atoms with Crippen LogP contribution in [0.15, 0.2) is 18.5 Å². The van der Waals surface area contributed by atoms with E-state index in [2.05, 4.69) is 10.3 Å². The van der Waals surface area contributed by atoms with Crippen LogP contribution in [-0.2, 0) is 4.79 Å². The van der Waals surface area contributed by atoms with Crippen LogP contribution in [0.4, 0.5) is 5.69 Å². The van der Waals surface area contributed by atoms with Crippen LogP contribution in [0.3, 0.4) is 0 Å². The molecule has 0 aliphatic rings. The molecule has 1 rings (SSSR count). The number of aromatic carboxylic acids is 1. The van der Waals surface area contributed by atoms with Crippen LogP contribution < -0.4 is 11.1 Å². The molecule has 16 heavy (non-hydrogen) atoms. The van der Waals surface area contributed by atoms with E-state index in [0.717, 1.165) is 0 Å². The maximum Gasteiger partial charge on any atom is 0.339 e. The lowest BCUT2D eigenvalue weighted by Crippen LogP contribution is -2.34. The highest BCUT2D eigenvalue weighted by Gasteiger charge is 2.13. The fourth-order valence-corrected chi connectivity index (χ4v) is 1.03. The first-order valence-electron chi connectivity index (χ1n) is 4.41. The molecule has 1 aromatic rings. The minimum absolute atomic E-state index is 0.0424. The Hall–Kier alpha value is -2.15. The van der Waals surface area contributed by atoms with E-state index in [-0.39, 0.29) is 17.8 Å². The van der Waals surface area contributed by atoms with Gasteiger partial charge >= 0.3 is 5.97 Å². The normalized spacial score (nSPS) is 11.8. The number of primary amides is 1. The number of rotatable bonds is 5. The number of hydrogen-bond acceptors (Lipinski definition) is 5. The lowest BCUT2D eigenvalue weighted by atomic mass is 10.2. The summed E-state index contributed by atoms with van der Waals surface area (Å²) in [6.45, 7) is -0.153. The monoisotopic (exact) mass is 225 g/mol. The van der Waals surface area contributed by atoms with Crippen LogP contribution in [0, 0.1) is 0 Å². The van der Waals surface area contributed by atoms with Crippen molar-refractivity contribution in [1.29, 1.82) is 0 Å². The smallest absolute Gasteiger partial charge is 0.339 e. The highest BCUT2D eigenvalue weighted by Crippen LogP contribution is 2.12. The summed E-state index contributed by atoms with van der Waals surface area (Å²) in [6.07, 6.45) is 1.20. The molecule has 86 valence electrons. The van der Waals surface area contributed by atoms with Gasteiger partial charge in [0, 0.05) is 18.9 Å². The molecule has 7 nitrogen and oxygen atoms in total. The van der Waals surface area contributed by atoms with Gasteiger partial charge in [-0.1, -0.05) is 0 Å². The minimum atomic E-state index is -1.37. The van der Waals surface area contributed by atoms with Gasteiger partial charge in [0.05, 0.1) is 5.69 Å². The molecule has 1 amide bonds. The number of aliphatic hydroxyl groups excluding tert-OH is 1. The molecule has 0 aromatic carbocycles. The van der Waals surface area contributed by atoms with Crippen LogP contribution in [-0.4, -0.2) is 39.7 Å². The van der Waals surface area contributed by atoms with E-state index in [1.165, 1.54) is 18.5 Å². The summed E-state index contributed by atoms with van der Waals surface area (Å²) >= 11 is 0. The standard InChI is InChI=1S/C9H11N3O4/c10-8(14)7(13)4-12-6-1-2-11-3-5(6)9(15)16/h1-3,7,13H,4H2,(H2,10,14)(H,11,12)(H,15,16). The Labute approximate surface area is 90.9 Å². The second-order valence-electron chi connectivity index (χ2n) is 3.03. The van der Waals surface area contributed by atoms with Gasteiger partial charge in [0.15, 0.2) is 0 Å². The number of amides is 1. The predicted octanol–water partition coefficient (Wildman–Crippen LogP) is -0.962. The average Bonchev–Trinajstić information content (AvgIpc) is 2.25. The lowest BCUT2D eigenvalue weighted by molar-refractivity contribution is -0.125. The van der Waals surface area contributed by atoms with Gasteiger partial charge in [-0.25, -0.2) is 4.79 Å². The molecular weight excluding hydrogens is 214 g/mol. The third-order valence-electron chi connectivity index (χ3n) is 1.87. The lowest BCUT2D eigenvalue weighted by Gasteiger charge is -2.11. The van der Waals surface area contributed by atoms with Gasteiger partial charge in [0.1, 0.15) is 11.7 Å². The summed E-state index contributed by atoms with van der Waals surface area (Å²) in [5.41, 5.74) is 5.06. The highest BCUT2D eigenvalue weighted by atomic mass is 16.4. The third kappa shape index (κ3) is 2.92. The Bertz CT molecular complexity index is 407. The van der Waals surface area contributed by atoms with Gasteiger partial charge in [-0.3, -0.25) is 9.78 Å². The molecule has 0 spiro atoms. The molecular formula is C9H11N3O4. The van der Waals surface area contributed by atoms with E-state index in [1.807, 2.05) is 0 Å². The third-order valence-corrected chi connectivity index (χ3v) is 1.87. The molecule has 0 bridgehead atoms. The molecule has 1 heterocycles. The molecule has 0 radical (unpaired) electrons. The van der Waals surface area contributed by atoms with Crippen LogP contribution >= 0.6 is 0 Å². The SMILES string of the molecule is NC(=O)C(O)CNc1ccncc1C(=O)O. The molecule has 1 unspecified atom stereocenters. The summed E-state index contributed by atoms with van der Waals surface area (Å²) < 4.78 is 0. The van der Waals surface area contributed by atoms with Crippen molar-refractivity contribution in [2.45, 2.75) is 6.10 Å². The number of hydrogen-bond donors (Lipinski definition) is 4. The van der Waals surface area contributed by atoms with Crippen molar-refractivity contribution in [1.82, 2.24) is 4.98 Å². The van der Waals surface area contributed by atoms with Crippen molar-refractivity contribution >= 4 is 17.6 Å². The topological polar surface area (TPSA) is 126 Å². The number of carboxylic acids is 1. The predicted molar refractivity (Wildman–Crippen MR) is 54.9 cm³/mol. The molecule has 1 atom stereocenters. The molecule has 1 aromatic heterocycles. The van der Waals surface area contributed by atoms with Crippen LogP contribution in [0.25, 0.3) is 0 Å². The fourth-order valence-electron chi connectivity index (χ4n) is 1.03. The second kappa shape index (κ2) is 5.08. The average molecular weight is 225 g/mol. The number of aliphatic hydroxyl groups is 1. The minimum Gasteiger partial charge on any atom is -0.478 e. The maximum atomic E-state index is 10.8. The fraction of sp³-hybridized carbons (Fsp3) is 0.222. The van der Waals surface area contributed by atoms with E-state index >= 15 is 0 Å². The Balaban J connectivity index is 2.74. The first kappa shape index (κ1) is 11.9. The number of carbonyl (C=O) groups excluding carboxylic acids is 1. The second-order valence-corrected chi connectivity index (χ2v) is 3.03. The van der Waals surface area contributed by atoms with Gasteiger partial charge < -0.3 is 21.3 Å². The van der Waals surface area contributed by atoms with E-state index in [1.54, 1.807) is 0 Å². The van der Waals surface area contributed by atoms with Crippen LogP contribution in [0.5, 0.6) is 0 Å². The number of anilines is 1. The zero-order valence-electron chi connectivity index (χ0n) is 8.25. The first-order chi connectivity index (χ1) is 7.52. The largest absolute Gasteiger partial charge is 0.478 e. The summed E-state index contributed by atoms with van der Waals surface area (Å²) in [4.78, 5) is 25.0. The number of nitrogens with zero attached hydrogens (tertiary/aromatic N) is 1. The Kier molecular flexibility index (Phi) is 3.78. The van der Waals surface area contributed by atoms with Gasteiger partial charge in [0.25, 0.3) is 0 Å². The zero-order valence-corrected chi connectivity index (χ0v) is 8.25. The van der Waals surface area contributed by atoms with Gasteiger partial charge in [-0.2, -0.15) is 0 Å². The van der Waals surface area contributed by atoms with Crippen molar-refractivity contribution < 1.29 is 19.8 Å². The quantitative estimate of drug-likeness (QED) is 0.511. The number of nitrogens with two attached hydrogens (primary N) is 1. The number of carbonyl (C=O) groups is 2. The molecule has 0 saturated heterocycles. The molecule has 0 saturated carbocycles. The Morgan fingerprint density at radius 2 is 2.25 bits per heavy atom. The van der Waals surface area contributed by atoms with Crippen LogP contribution in [0.2, 0.25) is 0 Å². The molecule has 5 N–H and O–H groups in total. The molecule has 0 aliphatic heterocycles. The number of pyridine rings is 1. The maximum absolute atomic E-state index is 10.8. The van der Waals surface area contributed by atoms with E-state index in [4.69, 9.17) is 15.9 Å². The number of carboxylic acid groups (broad SMARTS) is 1. The van der Waals surface area contributed by atoms with Crippen LogP contribution in [0.1, 0.15) is 10.4 Å². The Morgan fingerprint density at radius 3 is 2.81 bits per heavy atom. The van der Waals surface area contributed by atoms with E-state index in [9.17, 15) is 9.59 Å². The van der Waals surface area contributed by atoms with Crippen molar-refractivity contribution in [2.24, 2.45) is 5.73 Å². The van der Waals surface area contributed by atoms with Crippen molar-refractivity contribution in [3.8, 4) is 0 Å². The molecule has 0 fully saturated rings. The van der Waals surface area contributed by atoms with Gasteiger partial charge in [0.2, 0.25) is 5.91 Å². The summed E-state index contributed by atoms with van der Waals surface area (Å²) in [6, 6.07) is 1.43. The zero-order chi connectivity index (χ0) is 12.1. The van der Waals surface area contributed by atoms with Crippen molar-refractivity contribution in [3.63, 3.8) is 0 Å². The van der Waals surface area contributed by atoms with E-state index < -0.39 is 18.0 Å². The summed E-state index contributed by atoms with van der Waals surface area (Å²) in [5.74, 6) is -2.03. The summed E-state index contributed by atoms with van der Waals surface area (Å²) in [7, 11) is 0. The number of nitrogens with one attached hydrogen (secondary N) is 1.